The minimum absolute atomic E-state index is 0.0221. The summed E-state index contributed by atoms with van der Waals surface area (Å²) in [6.07, 6.45) is 0.669. The molecule has 126 valence electrons. The molecule has 0 radical (unpaired) electrons. The summed E-state index contributed by atoms with van der Waals surface area (Å²) < 4.78 is 0. The molecule has 2 aromatic carbocycles. The van der Waals surface area contributed by atoms with Crippen LogP contribution >= 0.6 is 11.6 Å². The lowest BCUT2D eigenvalue weighted by Crippen LogP contribution is -2.16. The van der Waals surface area contributed by atoms with Crippen LogP contribution in [0.1, 0.15) is 13.3 Å². The van der Waals surface area contributed by atoms with Gasteiger partial charge >= 0.3 is 0 Å². The molecule has 1 unspecified atom stereocenters. The van der Waals surface area contributed by atoms with Crippen molar-refractivity contribution >= 4 is 34.4 Å². The Balaban J connectivity index is 2.04. The summed E-state index contributed by atoms with van der Waals surface area (Å²) in [4.78, 5) is 10.2. The Labute approximate surface area is 144 Å². The molecule has 0 amide bonds. The van der Waals surface area contributed by atoms with E-state index in [0.29, 0.717) is 17.8 Å². The van der Waals surface area contributed by atoms with Crippen molar-refractivity contribution in [1.82, 2.24) is 0 Å². The number of anilines is 1. The van der Waals surface area contributed by atoms with Gasteiger partial charge in [0.1, 0.15) is 5.02 Å². The second-order valence-electron chi connectivity index (χ2n) is 5.20. The summed E-state index contributed by atoms with van der Waals surface area (Å²) >= 11 is 5.83. The van der Waals surface area contributed by atoms with Crippen LogP contribution in [-0.4, -0.2) is 22.7 Å². The number of rotatable bonds is 7. The van der Waals surface area contributed by atoms with E-state index in [1.165, 1.54) is 18.2 Å². The molecule has 0 aliphatic carbocycles. The predicted molar refractivity (Wildman–Crippen MR) is 93.5 cm³/mol. The molecule has 0 aliphatic heterocycles. The van der Waals surface area contributed by atoms with Gasteiger partial charge in [-0.15, -0.1) is 0 Å². The van der Waals surface area contributed by atoms with Crippen molar-refractivity contribution in [2.75, 3.05) is 11.9 Å². The van der Waals surface area contributed by atoms with Crippen molar-refractivity contribution < 1.29 is 10.0 Å². The number of nitro groups is 1. The van der Waals surface area contributed by atoms with E-state index in [9.17, 15) is 10.1 Å². The fourth-order valence-electron chi connectivity index (χ4n) is 2.00. The molecule has 0 fully saturated rings. The first-order valence-electron chi connectivity index (χ1n) is 7.32. The molecular formula is C16H17ClN4O3. The van der Waals surface area contributed by atoms with Gasteiger partial charge < -0.3 is 10.4 Å². The first-order chi connectivity index (χ1) is 11.5. The van der Waals surface area contributed by atoms with Gasteiger partial charge in [0.15, 0.2) is 0 Å². The maximum atomic E-state index is 10.7. The average Bonchev–Trinajstić information content (AvgIpc) is 2.54. The van der Waals surface area contributed by atoms with Crippen molar-refractivity contribution in [2.45, 2.75) is 19.4 Å². The number of azo groups is 1. The van der Waals surface area contributed by atoms with Crippen molar-refractivity contribution in [3.8, 4) is 0 Å². The Morgan fingerprint density at radius 3 is 2.42 bits per heavy atom. The largest absolute Gasteiger partial charge is 0.396 e. The van der Waals surface area contributed by atoms with Crippen LogP contribution in [0.5, 0.6) is 0 Å². The first-order valence-corrected chi connectivity index (χ1v) is 7.70. The molecule has 7 nitrogen and oxygen atoms in total. The third kappa shape index (κ3) is 5.00. The Morgan fingerprint density at radius 2 is 1.83 bits per heavy atom. The minimum Gasteiger partial charge on any atom is -0.396 e. The lowest BCUT2D eigenvalue weighted by Gasteiger charge is -2.13. The zero-order valence-corrected chi connectivity index (χ0v) is 13.8. The molecule has 0 saturated carbocycles. The highest BCUT2D eigenvalue weighted by Crippen LogP contribution is 2.29. The van der Waals surface area contributed by atoms with E-state index in [2.05, 4.69) is 15.5 Å². The summed E-state index contributed by atoms with van der Waals surface area (Å²) in [7, 11) is 0. The molecule has 0 aliphatic rings. The normalized spacial score (nSPS) is 12.3. The second kappa shape index (κ2) is 8.37. The molecule has 0 saturated heterocycles. The Morgan fingerprint density at radius 1 is 1.21 bits per heavy atom. The predicted octanol–water partition coefficient (Wildman–Crippen LogP) is 4.85. The Hall–Kier alpha value is -2.51. The average molecular weight is 349 g/mol. The number of aliphatic hydroxyl groups is 1. The molecule has 2 aromatic rings. The Bertz CT molecular complexity index is 735. The topological polar surface area (TPSA) is 100 Å². The molecule has 0 heterocycles. The van der Waals surface area contributed by atoms with E-state index in [0.717, 1.165) is 5.69 Å². The van der Waals surface area contributed by atoms with Gasteiger partial charge in [-0.05, 0) is 49.7 Å². The number of hydrogen-bond donors (Lipinski definition) is 2. The highest BCUT2D eigenvalue weighted by atomic mass is 35.5. The molecule has 8 heteroatoms. The summed E-state index contributed by atoms with van der Waals surface area (Å²) in [6, 6.07) is 11.7. The van der Waals surface area contributed by atoms with Gasteiger partial charge in [0, 0.05) is 24.4 Å². The van der Waals surface area contributed by atoms with E-state index >= 15 is 0 Å². The number of aliphatic hydroxyl groups excluding tert-OH is 1. The standard InChI is InChI=1S/C16H17ClN4O3/c1-11(8-9-22)18-12-2-4-13(5-3-12)19-20-14-6-7-16(21(23)24)15(17)10-14/h2-7,10-11,18,22H,8-9H2,1H3. The van der Waals surface area contributed by atoms with E-state index < -0.39 is 4.92 Å². The smallest absolute Gasteiger partial charge is 0.288 e. The van der Waals surface area contributed by atoms with Crippen LogP contribution in [0.25, 0.3) is 0 Å². The molecule has 24 heavy (non-hydrogen) atoms. The summed E-state index contributed by atoms with van der Waals surface area (Å²) in [6.45, 7) is 2.13. The van der Waals surface area contributed by atoms with E-state index in [-0.39, 0.29) is 23.4 Å². The number of hydrogen-bond acceptors (Lipinski definition) is 6. The zero-order valence-electron chi connectivity index (χ0n) is 13.0. The first kappa shape index (κ1) is 17.8. The summed E-state index contributed by atoms with van der Waals surface area (Å²) in [5.41, 5.74) is 1.84. The van der Waals surface area contributed by atoms with Gasteiger partial charge in [-0.25, -0.2) is 0 Å². The van der Waals surface area contributed by atoms with Gasteiger partial charge in [0.2, 0.25) is 0 Å². The van der Waals surface area contributed by atoms with Gasteiger partial charge in [0.25, 0.3) is 5.69 Å². The molecule has 2 N–H and O–H groups in total. The SMILES string of the molecule is CC(CCO)Nc1ccc(N=Nc2ccc([N+](=O)[O-])c(Cl)c2)cc1. The molecule has 2 rings (SSSR count). The monoisotopic (exact) mass is 348 g/mol. The number of halogens is 1. The van der Waals surface area contributed by atoms with E-state index in [1.807, 2.05) is 19.1 Å². The van der Waals surface area contributed by atoms with Crippen molar-refractivity contribution in [2.24, 2.45) is 10.2 Å². The van der Waals surface area contributed by atoms with Gasteiger partial charge in [-0.3, -0.25) is 10.1 Å². The maximum Gasteiger partial charge on any atom is 0.288 e. The summed E-state index contributed by atoms with van der Waals surface area (Å²) in [5.74, 6) is 0. The van der Waals surface area contributed by atoms with E-state index in [4.69, 9.17) is 16.7 Å². The highest BCUT2D eigenvalue weighted by Gasteiger charge is 2.11. The lowest BCUT2D eigenvalue weighted by atomic mass is 10.2. The van der Waals surface area contributed by atoms with Crippen LogP contribution in [0.2, 0.25) is 5.02 Å². The summed E-state index contributed by atoms with van der Waals surface area (Å²) in [5, 5.41) is 31.0. The van der Waals surface area contributed by atoms with Crippen LogP contribution in [-0.2, 0) is 0 Å². The van der Waals surface area contributed by atoms with E-state index in [1.54, 1.807) is 12.1 Å². The third-order valence-electron chi connectivity index (χ3n) is 3.25. The van der Waals surface area contributed by atoms with Crippen molar-refractivity contribution in [3.63, 3.8) is 0 Å². The number of benzene rings is 2. The minimum atomic E-state index is -0.549. The second-order valence-corrected chi connectivity index (χ2v) is 5.60. The van der Waals surface area contributed by atoms with Crippen LogP contribution in [0, 0.1) is 10.1 Å². The Kier molecular flexibility index (Phi) is 6.22. The third-order valence-corrected chi connectivity index (χ3v) is 3.55. The van der Waals surface area contributed by atoms with Crippen LogP contribution in [0.4, 0.5) is 22.7 Å². The maximum absolute atomic E-state index is 10.7. The molecule has 0 aromatic heterocycles. The van der Waals surface area contributed by atoms with Gasteiger partial charge in [-0.1, -0.05) is 11.6 Å². The van der Waals surface area contributed by atoms with Crippen LogP contribution < -0.4 is 5.32 Å². The van der Waals surface area contributed by atoms with Crippen LogP contribution in [0.3, 0.4) is 0 Å². The van der Waals surface area contributed by atoms with Crippen LogP contribution in [0.15, 0.2) is 52.7 Å². The van der Waals surface area contributed by atoms with Crippen molar-refractivity contribution in [3.05, 3.63) is 57.6 Å². The lowest BCUT2D eigenvalue weighted by molar-refractivity contribution is -0.384. The quantitative estimate of drug-likeness (QED) is 0.424. The number of nitrogens with one attached hydrogen (secondary N) is 1. The molecule has 1 atom stereocenters. The highest BCUT2D eigenvalue weighted by molar-refractivity contribution is 6.32. The molecule has 0 spiro atoms. The fourth-order valence-corrected chi connectivity index (χ4v) is 2.24. The van der Waals surface area contributed by atoms with Gasteiger partial charge in [-0.2, -0.15) is 10.2 Å². The molecule has 0 bridgehead atoms. The number of nitrogens with zero attached hydrogens (tertiary/aromatic N) is 3. The molecular weight excluding hydrogens is 332 g/mol. The number of nitro benzene ring substituents is 1. The fraction of sp³-hybridized carbons (Fsp3) is 0.250. The van der Waals surface area contributed by atoms with Crippen molar-refractivity contribution in [1.29, 1.82) is 0 Å². The van der Waals surface area contributed by atoms with Gasteiger partial charge in [0.05, 0.1) is 16.3 Å². The zero-order chi connectivity index (χ0) is 17.5.